The number of amides is 1. The second kappa shape index (κ2) is 10.1. The van der Waals surface area contributed by atoms with Crippen LogP contribution in [0.15, 0.2) is 18.2 Å². The van der Waals surface area contributed by atoms with E-state index in [-0.39, 0.29) is 28.5 Å². The molecule has 0 aliphatic rings. The first kappa shape index (κ1) is 25.9. The molecule has 1 amide bonds. The number of phenols is 1. The predicted octanol–water partition coefficient (Wildman–Crippen LogP) is 6.29. The number of carbonyl (C=O) groups excluding carboxylic acids is 1. The topological polar surface area (TPSA) is 95.9 Å². The Morgan fingerprint density at radius 3 is 2.07 bits per heavy atom. The van der Waals surface area contributed by atoms with Crippen molar-refractivity contribution in [2.45, 2.75) is 19.0 Å². The van der Waals surface area contributed by atoms with Crippen LogP contribution in [0.1, 0.15) is 18.4 Å². The summed E-state index contributed by atoms with van der Waals surface area (Å²) in [7, 11) is 0. The van der Waals surface area contributed by atoms with Gasteiger partial charge < -0.3 is 20.3 Å². The molecule has 0 heterocycles. The number of para-hydroxylation sites is 1. The van der Waals surface area contributed by atoms with Crippen LogP contribution in [0.3, 0.4) is 0 Å². The van der Waals surface area contributed by atoms with Gasteiger partial charge in [0.25, 0.3) is 0 Å². The van der Waals surface area contributed by atoms with Gasteiger partial charge in [0.15, 0.2) is 11.5 Å². The van der Waals surface area contributed by atoms with Crippen LogP contribution in [0.2, 0.25) is 0 Å². The van der Waals surface area contributed by atoms with E-state index in [1.54, 1.807) is 5.32 Å². The monoisotopic (exact) mass is 873 g/mol. The number of hydrogen-bond acceptors (Lipinski definition) is 4. The van der Waals surface area contributed by atoms with E-state index >= 15 is 0 Å². The standard InChI is InChI=1S/C17H10F3I4NO5/c1-5(15(27)28)6-3-2-4-7(12(6)25-16(29)17(18,19)20)30-14-10(23)8(21)13(26)9(22)11(14)24/h2-5,26H,1H3,(H,25,29)(H,27,28). The number of halogens is 7. The first-order valence-corrected chi connectivity index (χ1v) is 12.1. The van der Waals surface area contributed by atoms with Crippen LogP contribution in [-0.2, 0) is 9.59 Å². The van der Waals surface area contributed by atoms with Crippen LogP contribution >= 0.6 is 90.4 Å². The number of carboxylic acid groups (broad SMARTS) is 1. The van der Waals surface area contributed by atoms with Crippen molar-refractivity contribution in [1.82, 2.24) is 0 Å². The van der Waals surface area contributed by atoms with Gasteiger partial charge in [0.1, 0.15) is 5.75 Å². The number of alkyl halides is 3. The van der Waals surface area contributed by atoms with E-state index in [9.17, 15) is 33.0 Å². The fourth-order valence-corrected chi connectivity index (χ4v) is 5.58. The van der Waals surface area contributed by atoms with Gasteiger partial charge in [-0.15, -0.1) is 0 Å². The second-order valence-corrected chi connectivity index (χ2v) is 10.1. The first-order chi connectivity index (χ1) is 13.8. The number of hydrogen-bond donors (Lipinski definition) is 3. The summed E-state index contributed by atoms with van der Waals surface area (Å²) < 4.78 is 46.4. The molecular weight excluding hydrogens is 863 g/mol. The number of anilines is 1. The van der Waals surface area contributed by atoms with E-state index < -0.39 is 24.0 Å². The fourth-order valence-electron chi connectivity index (χ4n) is 2.24. The lowest BCUT2D eigenvalue weighted by Crippen LogP contribution is -2.30. The minimum absolute atomic E-state index is 0.0381. The number of rotatable bonds is 5. The summed E-state index contributed by atoms with van der Waals surface area (Å²) in [5, 5.41) is 21.2. The lowest BCUT2D eigenvalue weighted by atomic mass is 9.98. The van der Waals surface area contributed by atoms with Gasteiger partial charge in [-0.1, -0.05) is 12.1 Å². The van der Waals surface area contributed by atoms with E-state index in [0.717, 1.165) is 0 Å². The Labute approximate surface area is 222 Å². The highest BCUT2D eigenvalue weighted by Crippen LogP contribution is 2.45. The van der Waals surface area contributed by atoms with Crippen LogP contribution in [0.4, 0.5) is 18.9 Å². The molecule has 13 heteroatoms. The van der Waals surface area contributed by atoms with Gasteiger partial charge in [0, 0.05) is 0 Å². The number of nitrogens with one attached hydrogen (secondary N) is 1. The molecule has 0 spiro atoms. The number of ether oxygens (including phenoxy) is 1. The number of benzene rings is 2. The quantitative estimate of drug-likeness (QED) is 0.243. The van der Waals surface area contributed by atoms with E-state index in [4.69, 9.17) is 4.74 Å². The van der Waals surface area contributed by atoms with Crippen molar-refractivity contribution < 1.29 is 37.7 Å². The van der Waals surface area contributed by atoms with Crippen molar-refractivity contribution in [3.8, 4) is 17.2 Å². The highest BCUT2D eigenvalue weighted by Gasteiger charge is 2.40. The third kappa shape index (κ3) is 5.54. The third-order valence-corrected chi connectivity index (χ3v) is 10.0. The Balaban J connectivity index is 2.68. The molecule has 0 radical (unpaired) electrons. The number of carbonyl (C=O) groups is 2. The Kier molecular flexibility index (Phi) is 8.73. The molecule has 2 aromatic carbocycles. The molecule has 0 saturated heterocycles. The maximum absolute atomic E-state index is 12.9. The number of aromatic hydroxyl groups is 1. The summed E-state index contributed by atoms with van der Waals surface area (Å²) >= 11 is 7.65. The molecule has 1 atom stereocenters. The minimum Gasteiger partial charge on any atom is -0.506 e. The molecule has 3 N–H and O–H groups in total. The van der Waals surface area contributed by atoms with Crippen LogP contribution in [0.5, 0.6) is 17.2 Å². The van der Waals surface area contributed by atoms with Gasteiger partial charge in [-0.3, -0.25) is 9.59 Å². The maximum atomic E-state index is 12.9. The summed E-state index contributed by atoms with van der Waals surface area (Å²) in [6, 6.07) is 4.05. The maximum Gasteiger partial charge on any atom is 0.471 e. The zero-order valence-electron chi connectivity index (χ0n) is 14.6. The van der Waals surface area contributed by atoms with E-state index in [1.165, 1.54) is 25.1 Å². The predicted molar refractivity (Wildman–Crippen MR) is 136 cm³/mol. The zero-order chi connectivity index (χ0) is 23.0. The van der Waals surface area contributed by atoms with Gasteiger partial charge in [0.2, 0.25) is 0 Å². The minimum atomic E-state index is -5.18. The van der Waals surface area contributed by atoms with Crippen LogP contribution < -0.4 is 10.1 Å². The Morgan fingerprint density at radius 2 is 1.60 bits per heavy atom. The van der Waals surface area contributed by atoms with Crippen molar-refractivity contribution in [2.75, 3.05) is 5.32 Å². The molecule has 0 aliphatic carbocycles. The van der Waals surface area contributed by atoms with E-state index in [2.05, 4.69) is 0 Å². The van der Waals surface area contributed by atoms with Crippen LogP contribution in [0, 0.1) is 14.3 Å². The highest BCUT2D eigenvalue weighted by molar-refractivity contribution is 14.1. The average molecular weight is 873 g/mol. The normalized spacial score (nSPS) is 12.4. The molecule has 30 heavy (non-hydrogen) atoms. The van der Waals surface area contributed by atoms with Gasteiger partial charge in [-0.2, -0.15) is 13.2 Å². The molecule has 2 rings (SSSR count). The molecular formula is C17H10F3I4NO5. The lowest BCUT2D eigenvalue weighted by Gasteiger charge is -2.20. The smallest absolute Gasteiger partial charge is 0.471 e. The third-order valence-electron chi connectivity index (χ3n) is 3.80. The molecule has 1 unspecified atom stereocenters. The van der Waals surface area contributed by atoms with Gasteiger partial charge >= 0.3 is 18.1 Å². The van der Waals surface area contributed by atoms with Crippen molar-refractivity contribution >= 4 is 108 Å². The fraction of sp³-hybridized carbons (Fsp3) is 0.176. The van der Waals surface area contributed by atoms with E-state index in [0.29, 0.717) is 14.3 Å². The largest absolute Gasteiger partial charge is 0.506 e. The average Bonchev–Trinajstić information content (AvgIpc) is 2.67. The zero-order valence-corrected chi connectivity index (χ0v) is 23.2. The Hall–Kier alpha value is -0.310. The number of aliphatic carboxylic acids is 1. The SMILES string of the molecule is CC(C(=O)O)c1cccc(Oc2c(I)c(I)c(O)c(I)c2I)c1NC(=O)C(F)(F)F. The van der Waals surface area contributed by atoms with Crippen LogP contribution in [0.25, 0.3) is 0 Å². The van der Waals surface area contributed by atoms with Crippen molar-refractivity contribution in [3.63, 3.8) is 0 Å². The summed E-state index contributed by atoms with van der Waals surface area (Å²) in [5.41, 5.74) is -0.440. The molecule has 0 aliphatic heterocycles. The molecule has 0 saturated carbocycles. The Bertz CT molecular complexity index is 1000. The van der Waals surface area contributed by atoms with Crippen molar-refractivity contribution in [3.05, 3.63) is 38.0 Å². The lowest BCUT2D eigenvalue weighted by molar-refractivity contribution is -0.167. The summed E-state index contributed by atoms with van der Waals surface area (Å²) in [5.74, 6) is -4.62. The molecule has 6 nitrogen and oxygen atoms in total. The molecule has 162 valence electrons. The van der Waals surface area contributed by atoms with Crippen LogP contribution in [-0.4, -0.2) is 28.3 Å². The molecule has 0 bridgehead atoms. The summed E-state index contributed by atoms with van der Waals surface area (Å²) in [4.78, 5) is 23.0. The van der Waals surface area contributed by atoms with Gasteiger partial charge in [-0.05, 0) is 109 Å². The van der Waals surface area contributed by atoms with E-state index in [1.807, 2.05) is 90.4 Å². The highest BCUT2D eigenvalue weighted by atomic mass is 127. The molecule has 2 aromatic rings. The summed E-state index contributed by atoms with van der Waals surface area (Å²) in [6.45, 7) is 1.28. The summed E-state index contributed by atoms with van der Waals surface area (Å²) in [6.07, 6.45) is -5.18. The number of carboxylic acids is 1. The Morgan fingerprint density at radius 1 is 1.07 bits per heavy atom. The van der Waals surface area contributed by atoms with Crippen molar-refractivity contribution in [2.24, 2.45) is 0 Å². The van der Waals surface area contributed by atoms with Gasteiger partial charge in [0.05, 0.1) is 25.9 Å². The van der Waals surface area contributed by atoms with Crippen molar-refractivity contribution in [1.29, 1.82) is 0 Å². The van der Waals surface area contributed by atoms with Gasteiger partial charge in [-0.25, -0.2) is 0 Å². The molecule has 0 aromatic heterocycles. The number of phenolic OH excluding ortho intramolecular Hbond substituents is 1. The first-order valence-electron chi connectivity index (χ1n) is 7.74. The molecule has 0 fully saturated rings. The second-order valence-electron chi connectivity index (χ2n) is 5.77.